The van der Waals surface area contributed by atoms with Gasteiger partial charge in [0.1, 0.15) is 0 Å². The van der Waals surface area contributed by atoms with Gasteiger partial charge in [0.05, 0.1) is 0 Å². The molecule has 1 amide bonds. The van der Waals surface area contributed by atoms with Crippen LogP contribution in [0, 0.1) is 5.41 Å². The number of hydrogen-bond acceptors (Lipinski definition) is 1. The molecule has 1 rings (SSSR count). The lowest BCUT2D eigenvalue weighted by Crippen LogP contribution is -2.39. The lowest BCUT2D eigenvalue weighted by molar-refractivity contribution is -0.139. The van der Waals surface area contributed by atoms with E-state index in [0.717, 1.165) is 13.1 Å². The summed E-state index contributed by atoms with van der Waals surface area (Å²) in [6.07, 6.45) is 4.94. The molecule has 1 aliphatic rings. The van der Waals surface area contributed by atoms with Gasteiger partial charge in [0.15, 0.2) is 0 Å². The van der Waals surface area contributed by atoms with Gasteiger partial charge in [-0.3, -0.25) is 4.79 Å². The minimum absolute atomic E-state index is 0.204. The lowest BCUT2D eigenvalue weighted by Gasteiger charge is -2.28. The van der Waals surface area contributed by atoms with Gasteiger partial charge in [0.25, 0.3) is 0 Å². The van der Waals surface area contributed by atoms with Crippen LogP contribution >= 0.6 is 0 Å². The molecular formula is C11H21NO. The van der Waals surface area contributed by atoms with Gasteiger partial charge < -0.3 is 4.90 Å². The molecule has 0 N–H and O–H groups in total. The van der Waals surface area contributed by atoms with Gasteiger partial charge in [-0.05, 0) is 12.8 Å². The van der Waals surface area contributed by atoms with Gasteiger partial charge >= 0.3 is 0 Å². The molecule has 13 heavy (non-hydrogen) atoms. The molecule has 0 aliphatic carbocycles. The number of likely N-dealkylation sites (tertiary alicyclic amines) is 1. The van der Waals surface area contributed by atoms with Crippen LogP contribution in [0.5, 0.6) is 0 Å². The van der Waals surface area contributed by atoms with E-state index in [1.807, 2.05) is 25.7 Å². The standard InChI is InChI=1S/C11H21NO/c1-11(2,3)10(13)12-8-6-4-5-7-9-12/h4-9H2,1-3H3. The molecule has 76 valence electrons. The maximum atomic E-state index is 11.9. The zero-order valence-corrected chi connectivity index (χ0v) is 9.10. The smallest absolute Gasteiger partial charge is 0.227 e. The normalized spacial score (nSPS) is 19.8. The lowest BCUT2D eigenvalue weighted by atomic mass is 9.94. The number of amides is 1. The Balaban J connectivity index is 2.54. The van der Waals surface area contributed by atoms with Gasteiger partial charge in [-0.2, -0.15) is 0 Å². The van der Waals surface area contributed by atoms with Crippen LogP contribution in [0.4, 0.5) is 0 Å². The Morgan fingerprint density at radius 3 is 1.85 bits per heavy atom. The Morgan fingerprint density at radius 1 is 1.00 bits per heavy atom. The highest BCUT2D eigenvalue weighted by molar-refractivity contribution is 5.81. The highest BCUT2D eigenvalue weighted by Crippen LogP contribution is 2.20. The Bertz CT molecular complexity index is 173. The minimum Gasteiger partial charge on any atom is -0.342 e. The first kappa shape index (κ1) is 10.6. The average Bonchev–Trinajstić information content (AvgIpc) is 2.28. The second-order valence-corrected chi connectivity index (χ2v) is 4.96. The van der Waals surface area contributed by atoms with Crippen LogP contribution in [0.3, 0.4) is 0 Å². The molecule has 2 heteroatoms. The first-order chi connectivity index (χ1) is 6.02. The van der Waals surface area contributed by atoms with Crippen LogP contribution in [0.1, 0.15) is 46.5 Å². The van der Waals surface area contributed by atoms with Crippen LogP contribution in [-0.2, 0) is 4.79 Å². The van der Waals surface area contributed by atoms with Gasteiger partial charge in [-0.15, -0.1) is 0 Å². The molecule has 1 heterocycles. The van der Waals surface area contributed by atoms with E-state index >= 15 is 0 Å². The van der Waals surface area contributed by atoms with Crippen molar-refractivity contribution in [2.45, 2.75) is 46.5 Å². The molecule has 0 aromatic rings. The highest BCUT2D eigenvalue weighted by Gasteiger charge is 2.27. The topological polar surface area (TPSA) is 20.3 Å². The van der Waals surface area contributed by atoms with E-state index in [4.69, 9.17) is 0 Å². The first-order valence-corrected chi connectivity index (χ1v) is 5.31. The van der Waals surface area contributed by atoms with Crippen molar-refractivity contribution < 1.29 is 4.79 Å². The number of carbonyl (C=O) groups is 1. The first-order valence-electron chi connectivity index (χ1n) is 5.31. The second-order valence-electron chi connectivity index (χ2n) is 4.96. The molecule has 1 aliphatic heterocycles. The Kier molecular flexibility index (Phi) is 3.34. The zero-order valence-electron chi connectivity index (χ0n) is 9.10. The van der Waals surface area contributed by atoms with E-state index in [1.165, 1.54) is 25.7 Å². The van der Waals surface area contributed by atoms with Crippen molar-refractivity contribution in [2.75, 3.05) is 13.1 Å². The predicted octanol–water partition coefficient (Wildman–Crippen LogP) is 2.44. The van der Waals surface area contributed by atoms with Crippen molar-refractivity contribution in [3.8, 4) is 0 Å². The molecule has 1 saturated heterocycles. The second kappa shape index (κ2) is 4.12. The predicted molar refractivity (Wildman–Crippen MR) is 54.5 cm³/mol. The molecule has 0 spiro atoms. The van der Waals surface area contributed by atoms with Crippen molar-refractivity contribution in [3.63, 3.8) is 0 Å². The maximum Gasteiger partial charge on any atom is 0.227 e. The summed E-state index contributed by atoms with van der Waals surface area (Å²) in [4.78, 5) is 13.9. The number of nitrogens with zero attached hydrogens (tertiary/aromatic N) is 1. The molecule has 0 bridgehead atoms. The third kappa shape index (κ3) is 3.02. The van der Waals surface area contributed by atoms with Crippen LogP contribution in [0.2, 0.25) is 0 Å². The quantitative estimate of drug-likeness (QED) is 0.565. The zero-order chi connectivity index (χ0) is 9.90. The summed E-state index contributed by atoms with van der Waals surface area (Å²) in [6, 6.07) is 0. The Hall–Kier alpha value is -0.530. The fourth-order valence-corrected chi connectivity index (χ4v) is 1.75. The monoisotopic (exact) mass is 183 g/mol. The number of carbonyl (C=O) groups excluding carboxylic acids is 1. The summed E-state index contributed by atoms with van der Waals surface area (Å²) in [6.45, 7) is 7.94. The van der Waals surface area contributed by atoms with E-state index in [-0.39, 0.29) is 5.41 Å². The van der Waals surface area contributed by atoms with Crippen LogP contribution in [0.15, 0.2) is 0 Å². The Morgan fingerprint density at radius 2 is 1.46 bits per heavy atom. The number of rotatable bonds is 0. The molecular weight excluding hydrogens is 162 g/mol. The van der Waals surface area contributed by atoms with Gasteiger partial charge in [-0.1, -0.05) is 33.6 Å². The van der Waals surface area contributed by atoms with E-state index in [9.17, 15) is 4.79 Å². The molecule has 0 aromatic carbocycles. The minimum atomic E-state index is -0.204. The van der Waals surface area contributed by atoms with Crippen LogP contribution in [-0.4, -0.2) is 23.9 Å². The summed E-state index contributed by atoms with van der Waals surface area (Å²) in [7, 11) is 0. The fraction of sp³-hybridized carbons (Fsp3) is 0.909. The summed E-state index contributed by atoms with van der Waals surface area (Å²) < 4.78 is 0. The largest absolute Gasteiger partial charge is 0.342 e. The molecule has 0 saturated carbocycles. The van der Waals surface area contributed by atoms with Crippen molar-refractivity contribution in [2.24, 2.45) is 5.41 Å². The van der Waals surface area contributed by atoms with E-state index in [1.54, 1.807) is 0 Å². The van der Waals surface area contributed by atoms with Crippen molar-refractivity contribution in [3.05, 3.63) is 0 Å². The highest BCUT2D eigenvalue weighted by atomic mass is 16.2. The summed E-state index contributed by atoms with van der Waals surface area (Å²) in [5.74, 6) is 0.314. The van der Waals surface area contributed by atoms with E-state index < -0.39 is 0 Å². The summed E-state index contributed by atoms with van der Waals surface area (Å²) in [5, 5.41) is 0. The third-order valence-corrected chi connectivity index (χ3v) is 2.53. The molecule has 0 atom stereocenters. The molecule has 0 unspecified atom stereocenters. The van der Waals surface area contributed by atoms with Gasteiger partial charge in [0.2, 0.25) is 5.91 Å². The fourth-order valence-electron chi connectivity index (χ4n) is 1.75. The molecule has 1 fully saturated rings. The average molecular weight is 183 g/mol. The SMILES string of the molecule is CC(C)(C)C(=O)N1CCCCCC1. The maximum absolute atomic E-state index is 11.9. The summed E-state index contributed by atoms with van der Waals surface area (Å²) >= 11 is 0. The third-order valence-electron chi connectivity index (χ3n) is 2.53. The van der Waals surface area contributed by atoms with Gasteiger partial charge in [-0.25, -0.2) is 0 Å². The van der Waals surface area contributed by atoms with Crippen LogP contribution < -0.4 is 0 Å². The Labute approximate surface area is 81.3 Å². The number of hydrogen-bond donors (Lipinski definition) is 0. The van der Waals surface area contributed by atoms with Crippen LogP contribution in [0.25, 0.3) is 0 Å². The van der Waals surface area contributed by atoms with Crippen molar-refractivity contribution in [1.82, 2.24) is 4.90 Å². The summed E-state index contributed by atoms with van der Waals surface area (Å²) in [5.41, 5.74) is -0.204. The van der Waals surface area contributed by atoms with Crippen molar-refractivity contribution >= 4 is 5.91 Å². The van der Waals surface area contributed by atoms with E-state index in [2.05, 4.69) is 0 Å². The molecule has 0 aromatic heterocycles. The van der Waals surface area contributed by atoms with E-state index in [0.29, 0.717) is 5.91 Å². The van der Waals surface area contributed by atoms with Gasteiger partial charge in [0, 0.05) is 18.5 Å². The molecule has 0 radical (unpaired) electrons. The van der Waals surface area contributed by atoms with Crippen molar-refractivity contribution in [1.29, 1.82) is 0 Å². The molecule has 2 nitrogen and oxygen atoms in total.